The highest BCUT2D eigenvalue weighted by atomic mass is 19.1. The summed E-state index contributed by atoms with van der Waals surface area (Å²) in [4.78, 5) is 27.9. The number of nitrogens with zero attached hydrogens (tertiary/aromatic N) is 1. The zero-order chi connectivity index (χ0) is 25.1. The molecule has 0 aliphatic carbocycles. The van der Waals surface area contributed by atoms with Crippen molar-refractivity contribution in [3.8, 4) is 11.5 Å². The molecule has 1 heterocycles. The van der Waals surface area contributed by atoms with Gasteiger partial charge in [-0.25, -0.2) is 4.39 Å². The third-order valence-corrected chi connectivity index (χ3v) is 5.76. The highest BCUT2D eigenvalue weighted by molar-refractivity contribution is 6.51. The first-order valence-corrected chi connectivity index (χ1v) is 11.4. The van der Waals surface area contributed by atoms with E-state index in [0.29, 0.717) is 36.0 Å². The summed E-state index contributed by atoms with van der Waals surface area (Å²) in [6, 6.07) is 16.6. The van der Waals surface area contributed by atoms with Gasteiger partial charge in [0.05, 0.1) is 30.4 Å². The molecule has 1 atom stereocenters. The van der Waals surface area contributed by atoms with Gasteiger partial charge in [0.1, 0.15) is 23.1 Å². The van der Waals surface area contributed by atoms with E-state index < -0.39 is 23.5 Å². The maximum atomic E-state index is 13.7. The number of hydrogen-bond acceptors (Lipinski definition) is 5. The van der Waals surface area contributed by atoms with Crippen LogP contribution >= 0.6 is 0 Å². The number of anilines is 1. The molecule has 7 heteroatoms. The fourth-order valence-corrected chi connectivity index (χ4v) is 4.14. The number of Topliss-reactive ketones (excluding diaryl/α,β-unsaturated/α-hetero) is 1. The van der Waals surface area contributed by atoms with Crippen LogP contribution in [0, 0.1) is 12.7 Å². The fourth-order valence-electron chi connectivity index (χ4n) is 4.14. The SMILES string of the molecule is CCOc1ccc(/C(O)=C2/C(=O)C(=O)N(c3ccc(C)cc3)C2c2ccc(F)cc2)c(OCC)c1. The molecule has 0 spiro atoms. The Kier molecular flexibility index (Phi) is 6.87. The Hall–Kier alpha value is -4.13. The topological polar surface area (TPSA) is 76.1 Å². The average Bonchev–Trinajstić information content (AvgIpc) is 3.11. The standard InChI is InChI=1S/C28H26FNO5/c1-4-34-21-14-15-22(23(16-21)35-5-2)26(31)24-25(18-8-10-19(29)11-9-18)30(28(33)27(24)32)20-12-6-17(3)7-13-20/h6-16,25,31H,4-5H2,1-3H3/b26-24-. The van der Waals surface area contributed by atoms with Crippen molar-refractivity contribution in [1.82, 2.24) is 0 Å². The van der Waals surface area contributed by atoms with Gasteiger partial charge in [-0.15, -0.1) is 0 Å². The number of halogens is 1. The number of aryl methyl sites for hydroxylation is 1. The number of rotatable bonds is 7. The Balaban J connectivity index is 1.93. The fraction of sp³-hybridized carbons (Fsp3) is 0.214. The van der Waals surface area contributed by atoms with E-state index in [0.717, 1.165) is 5.56 Å². The minimum Gasteiger partial charge on any atom is -0.507 e. The maximum absolute atomic E-state index is 13.7. The van der Waals surface area contributed by atoms with Crippen LogP contribution in [0.3, 0.4) is 0 Å². The number of benzene rings is 3. The van der Waals surface area contributed by atoms with Crippen LogP contribution in [0.4, 0.5) is 10.1 Å². The zero-order valence-corrected chi connectivity index (χ0v) is 19.7. The molecule has 1 aliphatic rings. The number of aliphatic hydroxyl groups excluding tert-OH is 1. The van der Waals surface area contributed by atoms with Crippen LogP contribution in [0.25, 0.3) is 5.76 Å². The van der Waals surface area contributed by atoms with Gasteiger partial charge in [0.25, 0.3) is 11.7 Å². The molecule has 1 amide bonds. The van der Waals surface area contributed by atoms with E-state index >= 15 is 0 Å². The molecule has 180 valence electrons. The molecule has 1 aliphatic heterocycles. The normalized spacial score (nSPS) is 17.0. The maximum Gasteiger partial charge on any atom is 0.300 e. The number of amides is 1. The van der Waals surface area contributed by atoms with Gasteiger partial charge in [-0.3, -0.25) is 14.5 Å². The molecule has 3 aromatic carbocycles. The summed E-state index contributed by atoms with van der Waals surface area (Å²) in [5.41, 5.74) is 2.11. The van der Waals surface area contributed by atoms with Gasteiger partial charge in [0.2, 0.25) is 0 Å². The van der Waals surface area contributed by atoms with Crippen molar-refractivity contribution >= 4 is 23.1 Å². The Labute approximate surface area is 203 Å². The Morgan fingerprint density at radius 3 is 2.23 bits per heavy atom. The van der Waals surface area contributed by atoms with Gasteiger partial charge in [-0.2, -0.15) is 0 Å². The van der Waals surface area contributed by atoms with Crippen molar-refractivity contribution in [3.05, 3.63) is 94.8 Å². The summed E-state index contributed by atoms with van der Waals surface area (Å²) in [6.07, 6.45) is 0. The first-order valence-electron chi connectivity index (χ1n) is 11.4. The van der Waals surface area contributed by atoms with Crippen molar-refractivity contribution in [3.63, 3.8) is 0 Å². The van der Waals surface area contributed by atoms with Gasteiger partial charge in [0.15, 0.2) is 0 Å². The smallest absolute Gasteiger partial charge is 0.300 e. The summed E-state index contributed by atoms with van der Waals surface area (Å²) in [5, 5.41) is 11.4. The molecule has 0 saturated carbocycles. The van der Waals surface area contributed by atoms with Crippen molar-refractivity contribution in [2.75, 3.05) is 18.1 Å². The third-order valence-electron chi connectivity index (χ3n) is 5.76. The lowest BCUT2D eigenvalue weighted by Crippen LogP contribution is -2.29. The Morgan fingerprint density at radius 2 is 1.60 bits per heavy atom. The van der Waals surface area contributed by atoms with E-state index in [4.69, 9.17) is 9.47 Å². The van der Waals surface area contributed by atoms with E-state index in [2.05, 4.69) is 0 Å². The monoisotopic (exact) mass is 475 g/mol. The summed E-state index contributed by atoms with van der Waals surface area (Å²) < 4.78 is 25.0. The number of aliphatic hydroxyl groups is 1. The van der Waals surface area contributed by atoms with Crippen LogP contribution in [-0.4, -0.2) is 30.0 Å². The molecule has 0 radical (unpaired) electrons. The van der Waals surface area contributed by atoms with E-state index in [1.807, 2.05) is 26.0 Å². The highest BCUT2D eigenvalue weighted by Crippen LogP contribution is 2.43. The number of ether oxygens (including phenoxy) is 2. The molecule has 3 aromatic rings. The second-order valence-corrected chi connectivity index (χ2v) is 8.08. The second kappa shape index (κ2) is 10.0. The average molecular weight is 476 g/mol. The van der Waals surface area contributed by atoms with Crippen molar-refractivity contribution in [2.45, 2.75) is 26.8 Å². The predicted molar refractivity (Wildman–Crippen MR) is 131 cm³/mol. The van der Waals surface area contributed by atoms with Crippen LogP contribution in [0.15, 0.2) is 72.3 Å². The minimum atomic E-state index is -0.959. The number of carbonyl (C=O) groups excluding carboxylic acids is 2. The van der Waals surface area contributed by atoms with E-state index in [1.54, 1.807) is 37.3 Å². The lowest BCUT2D eigenvalue weighted by Gasteiger charge is -2.25. The van der Waals surface area contributed by atoms with Crippen LogP contribution in [0.1, 0.15) is 36.6 Å². The lowest BCUT2D eigenvalue weighted by atomic mass is 9.94. The van der Waals surface area contributed by atoms with Crippen molar-refractivity contribution in [2.24, 2.45) is 0 Å². The second-order valence-electron chi connectivity index (χ2n) is 8.08. The summed E-state index contributed by atoms with van der Waals surface area (Å²) >= 11 is 0. The number of hydrogen-bond donors (Lipinski definition) is 1. The molecular formula is C28H26FNO5. The first kappa shape index (κ1) is 24.0. The highest BCUT2D eigenvalue weighted by Gasteiger charge is 2.47. The molecular weight excluding hydrogens is 449 g/mol. The predicted octanol–water partition coefficient (Wildman–Crippen LogP) is 5.56. The summed E-state index contributed by atoms with van der Waals surface area (Å²) in [7, 11) is 0. The molecule has 1 unspecified atom stereocenters. The molecule has 4 rings (SSSR count). The van der Waals surface area contributed by atoms with Gasteiger partial charge < -0.3 is 14.6 Å². The van der Waals surface area contributed by atoms with Gasteiger partial charge in [-0.05, 0) is 62.7 Å². The van der Waals surface area contributed by atoms with Crippen molar-refractivity contribution < 1.29 is 28.6 Å². The van der Waals surface area contributed by atoms with Crippen LogP contribution in [0.5, 0.6) is 11.5 Å². The zero-order valence-electron chi connectivity index (χ0n) is 19.7. The lowest BCUT2D eigenvalue weighted by molar-refractivity contribution is -0.132. The van der Waals surface area contributed by atoms with Gasteiger partial charge >= 0.3 is 0 Å². The molecule has 1 fully saturated rings. The first-order chi connectivity index (χ1) is 16.8. The van der Waals surface area contributed by atoms with E-state index in [1.165, 1.54) is 29.2 Å². The molecule has 1 saturated heterocycles. The summed E-state index contributed by atoms with van der Waals surface area (Å²) in [5.74, 6) is -1.59. The molecule has 35 heavy (non-hydrogen) atoms. The van der Waals surface area contributed by atoms with Gasteiger partial charge in [-0.1, -0.05) is 29.8 Å². The minimum absolute atomic E-state index is 0.104. The molecule has 6 nitrogen and oxygen atoms in total. The Bertz CT molecular complexity index is 1280. The summed E-state index contributed by atoms with van der Waals surface area (Å²) in [6.45, 7) is 6.32. The van der Waals surface area contributed by atoms with Crippen LogP contribution < -0.4 is 14.4 Å². The number of ketones is 1. The van der Waals surface area contributed by atoms with E-state index in [-0.39, 0.29) is 16.9 Å². The number of carbonyl (C=O) groups is 2. The van der Waals surface area contributed by atoms with Gasteiger partial charge in [0, 0.05) is 11.8 Å². The van der Waals surface area contributed by atoms with Crippen LogP contribution in [-0.2, 0) is 9.59 Å². The van der Waals surface area contributed by atoms with Crippen LogP contribution in [0.2, 0.25) is 0 Å². The molecule has 0 bridgehead atoms. The molecule has 0 aromatic heterocycles. The largest absolute Gasteiger partial charge is 0.507 e. The van der Waals surface area contributed by atoms with Crippen molar-refractivity contribution in [1.29, 1.82) is 0 Å². The molecule has 1 N–H and O–H groups in total. The third kappa shape index (κ3) is 4.62. The Morgan fingerprint density at radius 1 is 0.943 bits per heavy atom. The van der Waals surface area contributed by atoms with E-state index in [9.17, 15) is 19.1 Å². The quantitative estimate of drug-likeness (QED) is 0.275.